The fourth-order valence-electron chi connectivity index (χ4n) is 3.33. The molecule has 1 aliphatic rings. The Morgan fingerprint density at radius 2 is 1.83 bits per heavy atom. The molecule has 8 heteroatoms. The molecule has 2 amide bonds. The van der Waals surface area contributed by atoms with Crippen molar-refractivity contribution in [1.29, 1.82) is 0 Å². The van der Waals surface area contributed by atoms with Crippen LogP contribution in [0.15, 0.2) is 53.4 Å². The van der Waals surface area contributed by atoms with Crippen LogP contribution in [0.1, 0.15) is 11.1 Å². The minimum atomic E-state index is -0.514. The van der Waals surface area contributed by atoms with Crippen LogP contribution < -0.4 is 11.1 Å². The Morgan fingerprint density at radius 1 is 1.14 bits per heavy atom. The molecular formula is C21H23N3O4S. The molecule has 0 unspecified atom stereocenters. The molecule has 3 N–H and O–H groups in total. The van der Waals surface area contributed by atoms with Gasteiger partial charge in [0.15, 0.2) is 0 Å². The molecule has 0 spiro atoms. The van der Waals surface area contributed by atoms with Crippen molar-refractivity contribution in [3.63, 3.8) is 0 Å². The number of rotatable bonds is 7. The summed E-state index contributed by atoms with van der Waals surface area (Å²) in [7, 11) is 1.35. The number of hydrogen-bond donors (Lipinski definition) is 2. The standard InChI is InChI=1S/C21H23N3O4S/c1-28-21(27)17-10-14-6-2-3-7-15(14)11-24(17)12-20(26)23-16-8-4-5-9-18(16)29-13-19(22)25/h2-9,17H,10-13H2,1H3,(H2,22,25)(H,23,26)/t17-/m1/s1. The summed E-state index contributed by atoms with van der Waals surface area (Å²) in [6.45, 7) is 0.532. The van der Waals surface area contributed by atoms with E-state index in [4.69, 9.17) is 10.5 Å². The molecule has 0 fully saturated rings. The number of amides is 2. The minimum absolute atomic E-state index is 0.0446. The highest BCUT2D eigenvalue weighted by Gasteiger charge is 2.33. The lowest BCUT2D eigenvalue weighted by Gasteiger charge is -2.34. The summed E-state index contributed by atoms with van der Waals surface area (Å²) >= 11 is 1.27. The molecule has 29 heavy (non-hydrogen) atoms. The van der Waals surface area contributed by atoms with Gasteiger partial charge >= 0.3 is 5.97 Å². The Labute approximate surface area is 173 Å². The van der Waals surface area contributed by atoms with Crippen LogP contribution in [0.4, 0.5) is 5.69 Å². The maximum absolute atomic E-state index is 12.7. The third-order valence-electron chi connectivity index (χ3n) is 4.70. The van der Waals surface area contributed by atoms with Gasteiger partial charge in [-0.15, -0.1) is 11.8 Å². The number of hydrogen-bond acceptors (Lipinski definition) is 6. The summed E-state index contributed by atoms with van der Waals surface area (Å²) in [5.41, 5.74) is 8.01. The lowest BCUT2D eigenvalue weighted by Crippen LogP contribution is -2.49. The van der Waals surface area contributed by atoms with Crippen LogP contribution in [-0.2, 0) is 32.1 Å². The van der Waals surface area contributed by atoms with Gasteiger partial charge < -0.3 is 15.8 Å². The summed E-state index contributed by atoms with van der Waals surface area (Å²) in [5.74, 6) is -0.903. The van der Waals surface area contributed by atoms with E-state index in [1.54, 1.807) is 12.1 Å². The molecule has 2 aromatic carbocycles. The van der Waals surface area contributed by atoms with E-state index >= 15 is 0 Å². The number of esters is 1. The maximum Gasteiger partial charge on any atom is 0.323 e. The van der Waals surface area contributed by atoms with Crippen LogP contribution >= 0.6 is 11.8 Å². The zero-order valence-electron chi connectivity index (χ0n) is 16.1. The summed E-state index contributed by atoms with van der Waals surface area (Å²) in [6.07, 6.45) is 0.501. The summed E-state index contributed by atoms with van der Waals surface area (Å²) < 4.78 is 4.95. The number of carbonyl (C=O) groups is 3. The van der Waals surface area contributed by atoms with E-state index in [-0.39, 0.29) is 24.2 Å². The minimum Gasteiger partial charge on any atom is -0.468 e. The van der Waals surface area contributed by atoms with E-state index in [1.807, 2.05) is 41.3 Å². The second-order valence-corrected chi connectivity index (χ2v) is 7.73. The Hall–Kier alpha value is -2.84. The van der Waals surface area contributed by atoms with Crippen LogP contribution in [-0.4, -0.2) is 48.1 Å². The Bertz CT molecular complexity index is 918. The van der Waals surface area contributed by atoms with Gasteiger partial charge in [-0.3, -0.25) is 19.3 Å². The molecular weight excluding hydrogens is 390 g/mol. The first-order chi connectivity index (χ1) is 14.0. The van der Waals surface area contributed by atoms with E-state index < -0.39 is 11.9 Å². The SMILES string of the molecule is COC(=O)[C@H]1Cc2ccccc2CN1CC(=O)Nc1ccccc1SCC(N)=O. The molecule has 3 rings (SSSR count). The van der Waals surface area contributed by atoms with E-state index in [9.17, 15) is 14.4 Å². The first kappa shape index (κ1) is 20.9. The van der Waals surface area contributed by atoms with Crippen molar-refractivity contribution in [3.8, 4) is 0 Å². The van der Waals surface area contributed by atoms with Crippen LogP contribution in [0.3, 0.4) is 0 Å². The molecule has 0 aliphatic carbocycles. The highest BCUT2D eigenvalue weighted by atomic mass is 32.2. The van der Waals surface area contributed by atoms with Crippen molar-refractivity contribution in [3.05, 3.63) is 59.7 Å². The smallest absolute Gasteiger partial charge is 0.323 e. The topological polar surface area (TPSA) is 102 Å². The lowest BCUT2D eigenvalue weighted by atomic mass is 9.94. The van der Waals surface area contributed by atoms with Crippen LogP contribution in [0.2, 0.25) is 0 Å². The quantitative estimate of drug-likeness (QED) is 0.530. The molecule has 152 valence electrons. The molecule has 0 radical (unpaired) electrons. The number of methoxy groups -OCH3 is 1. The maximum atomic E-state index is 12.7. The second-order valence-electron chi connectivity index (χ2n) is 6.72. The number of nitrogens with two attached hydrogens (primary N) is 1. The molecule has 0 bridgehead atoms. The second kappa shape index (κ2) is 9.58. The molecule has 0 aromatic heterocycles. The number of nitrogens with one attached hydrogen (secondary N) is 1. The summed E-state index contributed by atoms with van der Waals surface area (Å²) in [6, 6.07) is 14.6. The van der Waals surface area contributed by atoms with Crippen LogP contribution in [0.5, 0.6) is 0 Å². The number of primary amides is 1. The lowest BCUT2D eigenvalue weighted by molar-refractivity contribution is -0.148. The first-order valence-electron chi connectivity index (χ1n) is 9.16. The highest BCUT2D eigenvalue weighted by Crippen LogP contribution is 2.27. The Balaban J connectivity index is 1.72. The number of ether oxygens (including phenoxy) is 1. The molecule has 0 saturated heterocycles. The molecule has 2 aromatic rings. The third kappa shape index (κ3) is 5.36. The molecule has 7 nitrogen and oxygen atoms in total. The monoisotopic (exact) mass is 413 g/mol. The van der Waals surface area contributed by atoms with Crippen LogP contribution in [0.25, 0.3) is 0 Å². The van der Waals surface area contributed by atoms with E-state index in [2.05, 4.69) is 5.32 Å². The average molecular weight is 413 g/mol. The largest absolute Gasteiger partial charge is 0.468 e. The molecule has 1 aliphatic heterocycles. The predicted molar refractivity (Wildman–Crippen MR) is 111 cm³/mol. The number of anilines is 1. The Morgan fingerprint density at radius 3 is 2.55 bits per heavy atom. The van der Waals surface area contributed by atoms with Crippen molar-refractivity contribution in [2.45, 2.75) is 23.9 Å². The molecule has 1 atom stereocenters. The van der Waals surface area contributed by atoms with Gasteiger partial charge in [0, 0.05) is 11.4 Å². The summed E-state index contributed by atoms with van der Waals surface area (Å²) in [5, 5.41) is 2.88. The van der Waals surface area contributed by atoms with Gasteiger partial charge in [-0.1, -0.05) is 36.4 Å². The van der Waals surface area contributed by atoms with Crippen molar-refractivity contribution in [2.24, 2.45) is 5.73 Å². The first-order valence-corrected chi connectivity index (χ1v) is 10.1. The zero-order valence-corrected chi connectivity index (χ0v) is 16.9. The van der Waals surface area contributed by atoms with Gasteiger partial charge in [0.1, 0.15) is 6.04 Å². The van der Waals surface area contributed by atoms with E-state index in [0.29, 0.717) is 18.7 Å². The predicted octanol–water partition coefficient (Wildman–Crippen LogP) is 1.80. The normalized spacial score (nSPS) is 16.0. The van der Waals surface area contributed by atoms with Crippen molar-refractivity contribution < 1.29 is 19.1 Å². The number of para-hydroxylation sites is 1. The van der Waals surface area contributed by atoms with Gasteiger partial charge in [0.05, 0.1) is 25.1 Å². The number of benzene rings is 2. The van der Waals surface area contributed by atoms with Crippen molar-refractivity contribution in [1.82, 2.24) is 4.90 Å². The van der Waals surface area contributed by atoms with E-state index in [0.717, 1.165) is 16.0 Å². The zero-order chi connectivity index (χ0) is 20.8. The van der Waals surface area contributed by atoms with Crippen LogP contribution in [0, 0.1) is 0 Å². The van der Waals surface area contributed by atoms with Gasteiger partial charge in [-0.05, 0) is 29.7 Å². The molecule has 1 heterocycles. The van der Waals surface area contributed by atoms with Crippen molar-refractivity contribution in [2.75, 3.05) is 24.7 Å². The number of thioether (sulfide) groups is 1. The third-order valence-corrected chi connectivity index (χ3v) is 5.79. The summed E-state index contributed by atoms with van der Waals surface area (Å²) in [4.78, 5) is 38.7. The molecule has 0 saturated carbocycles. The fourth-order valence-corrected chi connectivity index (χ4v) is 4.08. The highest BCUT2D eigenvalue weighted by molar-refractivity contribution is 8.00. The van der Waals surface area contributed by atoms with Gasteiger partial charge in [0.25, 0.3) is 0 Å². The van der Waals surface area contributed by atoms with Crippen molar-refractivity contribution >= 4 is 35.2 Å². The van der Waals surface area contributed by atoms with Gasteiger partial charge in [-0.2, -0.15) is 0 Å². The van der Waals surface area contributed by atoms with Gasteiger partial charge in [0.2, 0.25) is 11.8 Å². The number of fused-ring (bicyclic) bond motifs is 1. The fraction of sp³-hybridized carbons (Fsp3) is 0.286. The number of nitrogens with zero attached hydrogens (tertiary/aromatic N) is 1. The number of carbonyl (C=O) groups excluding carboxylic acids is 3. The Kier molecular flexibility index (Phi) is 6.90. The van der Waals surface area contributed by atoms with Gasteiger partial charge in [-0.25, -0.2) is 0 Å². The average Bonchev–Trinajstić information content (AvgIpc) is 2.72. The van der Waals surface area contributed by atoms with E-state index in [1.165, 1.54) is 18.9 Å².